The predicted octanol–water partition coefficient (Wildman–Crippen LogP) is 2.86. The first-order valence-electron chi connectivity index (χ1n) is 8.21. The van der Waals surface area contributed by atoms with Crippen molar-refractivity contribution in [2.75, 3.05) is 17.1 Å². The normalized spacial score (nSPS) is 11.1. The lowest BCUT2D eigenvalue weighted by molar-refractivity contribution is -0.121. The number of benzene rings is 2. The molecule has 5 nitrogen and oxygen atoms in total. The van der Waals surface area contributed by atoms with Crippen LogP contribution in [0.3, 0.4) is 0 Å². The van der Waals surface area contributed by atoms with E-state index in [1.54, 1.807) is 6.07 Å². The van der Waals surface area contributed by atoms with Gasteiger partial charge in [0.15, 0.2) is 0 Å². The molecule has 2 rings (SSSR count). The van der Waals surface area contributed by atoms with Gasteiger partial charge in [0.25, 0.3) is 0 Å². The first-order chi connectivity index (χ1) is 11.9. The second-order valence-electron chi connectivity index (χ2n) is 6.04. The smallest absolute Gasteiger partial charge is 0.232 e. The third-order valence-electron chi connectivity index (χ3n) is 3.79. The van der Waals surface area contributed by atoms with Crippen molar-refractivity contribution in [3.05, 3.63) is 65.7 Å². The van der Waals surface area contributed by atoms with Crippen molar-refractivity contribution in [1.82, 2.24) is 5.32 Å². The molecule has 0 radical (unpaired) electrons. The second kappa shape index (κ2) is 8.67. The highest BCUT2D eigenvalue weighted by Gasteiger charge is 2.17. The van der Waals surface area contributed by atoms with E-state index < -0.39 is 10.0 Å². The van der Waals surface area contributed by atoms with Crippen LogP contribution in [-0.2, 0) is 21.4 Å². The number of hydrogen-bond acceptors (Lipinski definition) is 3. The Morgan fingerprint density at radius 3 is 2.44 bits per heavy atom. The van der Waals surface area contributed by atoms with Crippen LogP contribution in [0.15, 0.2) is 54.6 Å². The summed E-state index contributed by atoms with van der Waals surface area (Å²) in [6.45, 7) is 2.68. The van der Waals surface area contributed by atoms with Crippen LogP contribution in [0.5, 0.6) is 0 Å². The number of aryl methyl sites for hydroxylation is 1. The molecule has 1 amide bonds. The van der Waals surface area contributed by atoms with E-state index >= 15 is 0 Å². The van der Waals surface area contributed by atoms with Crippen LogP contribution in [0, 0.1) is 6.92 Å². The largest absolute Gasteiger partial charge is 0.352 e. The Labute approximate surface area is 149 Å². The minimum Gasteiger partial charge on any atom is -0.352 e. The first-order valence-corrected chi connectivity index (χ1v) is 10.1. The molecule has 1 N–H and O–H groups in total. The van der Waals surface area contributed by atoms with E-state index in [4.69, 9.17) is 0 Å². The number of sulfonamides is 1. The summed E-state index contributed by atoms with van der Waals surface area (Å²) in [6.07, 6.45) is 1.93. The lowest BCUT2D eigenvalue weighted by Crippen LogP contribution is -2.32. The Balaban J connectivity index is 1.87. The molecule has 0 fully saturated rings. The maximum atomic E-state index is 12.1. The number of carbonyl (C=O) groups is 1. The summed E-state index contributed by atoms with van der Waals surface area (Å²) < 4.78 is 25.5. The molecule has 6 heteroatoms. The van der Waals surface area contributed by atoms with Crippen molar-refractivity contribution >= 4 is 21.6 Å². The number of amides is 1. The molecule has 0 aromatic heterocycles. The van der Waals surface area contributed by atoms with E-state index in [1.165, 1.54) is 10.6 Å². The zero-order valence-electron chi connectivity index (χ0n) is 14.6. The summed E-state index contributed by atoms with van der Waals surface area (Å²) in [5.41, 5.74) is 2.66. The average molecular weight is 360 g/mol. The maximum absolute atomic E-state index is 12.1. The summed E-state index contributed by atoms with van der Waals surface area (Å²) in [7, 11) is -3.39. The molecule has 0 saturated heterocycles. The molecule has 25 heavy (non-hydrogen) atoms. The zero-order valence-corrected chi connectivity index (χ0v) is 15.4. The molecule has 0 heterocycles. The number of hydrogen-bond donors (Lipinski definition) is 1. The van der Waals surface area contributed by atoms with Gasteiger partial charge in [-0.15, -0.1) is 0 Å². The van der Waals surface area contributed by atoms with Gasteiger partial charge in [0.05, 0.1) is 11.9 Å². The molecule has 0 unspecified atom stereocenters. The minimum atomic E-state index is -3.39. The Morgan fingerprint density at radius 1 is 1.08 bits per heavy atom. The highest BCUT2D eigenvalue weighted by molar-refractivity contribution is 7.92. The topological polar surface area (TPSA) is 66.5 Å². The molecular weight excluding hydrogens is 336 g/mol. The van der Waals surface area contributed by atoms with Crippen LogP contribution in [0.1, 0.15) is 24.0 Å². The van der Waals surface area contributed by atoms with Gasteiger partial charge in [0, 0.05) is 19.5 Å². The van der Waals surface area contributed by atoms with Gasteiger partial charge >= 0.3 is 0 Å². The predicted molar refractivity (Wildman–Crippen MR) is 101 cm³/mol. The molecule has 0 aliphatic rings. The maximum Gasteiger partial charge on any atom is 0.232 e. The summed E-state index contributed by atoms with van der Waals surface area (Å²) in [5.74, 6) is -0.0819. The van der Waals surface area contributed by atoms with Gasteiger partial charge in [-0.05, 0) is 36.6 Å². The van der Waals surface area contributed by atoms with Gasteiger partial charge in [0.2, 0.25) is 15.9 Å². The molecule has 0 aliphatic heterocycles. The van der Waals surface area contributed by atoms with Crippen molar-refractivity contribution in [3.63, 3.8) is 0 Å². The number of anilines is 1. The molecule has 134 valence electrons. The molecule has 2 aromatic rings. The van der Waals surface area contributed by atoms with Crippen LogP contribution in [0.4, 0.5) is 5.69 Å². The average Bonchev–Trinajstić information content (AvgIpc) is 2.56. The van der Waals surface area contributed by atoms with Crippen molar-refractivity contribution in [2.24, 2.45) is 0 Å². The van der Waals surface area contributed by atoms with Crippen LogP contribution < -0.4 is 9.62 Å². The van der Waals surface area contributed by atoms with Crippen molar-refractivity contribution < 1.29 is 13.2 Å². The SMILES string of the molecule is Cc1cccc(N(CCCC(=O)NCc2ccccc2)S(C)(=O)=O)c1. The van der Waals surface area contributed by atoms with Crippen molar-refractivity contribution in [1.29, 1.82) is 0 Å². The Morgan fingerprint density at radius 2 is 1.80 bits per heavy atom. The lowest BCUT2D eigenvalue weighted by Gasteiger charge is -2.22. The third-order valence-corrected chi connectivity index (χ3v) is 4.98. The number of nitrogens with zero attached hydrogens (tertiary/aromatic N) is 1. The highest BCUT2D eigenvalue weighted by Crippen LogP contribution is 2.19. The van der Waals surface area contributed by atoms with Gasteiger partial charge in [0.1, 0.15) is 0 Å². The monoisotopic (exact) mass is 360 g/mol. The molecule has 0 atom stereocenters. The molecule has 0 bridgehead atoms. The lowest BCUT2D eigenvalue weighted by atomic mass is 10.2. The van der Waals surface area contributed by atoms with E-state index in [0.29, 0.717) is 18.7 Å². The van der Waals surface area contributed by atoms with E-state index in [2.05, 4.69) is 5.32 Å². The van der Waals surface area contributed by atoms with Crippen molar-refractivity contribution in [3.8, 4) is 0 Å². The summed E-state index contributed by atoms with van der Waals surface area (Å²) in [6, 6.07) is 17.0. The van der Waals surface area contributed by atoms with E-state index in [0.717, 1.165) is 11.1 Å². The summed E-state index contributed by atoms with van der Waals surface area (Å²) in [5, 5.41) is 2.85. The molecular formula is C19H24N2O3S. The fraction of sp³-hybridized carbons (Fsp3) is 0.316. The Bertz CT molecular complexity index is 804. The molecule has 0 aliphatic carbocycles. The summed E-state index contributed by atoms with van der Waals surface area (Å²) in [4.78, 5) is 12.0. The number of carbonyl (C=O) groups excluding carboxylic acids is 1. The highest BCUT2D eigenvalue weighted by atomic mass is 32.2. The van der Waals surface area contributed by atoms with Crippen LogP contribution in [0.2, 0.25) is 0 Å². The minimum absolute atomic E-state index is 0.0819. The standard InChI is InChI=1S/C19H24N2O3S/c1-16-8-6-11-18(14-16)21(25(2,23)24)13-7-12-19(22)20-15-17-9-4-3-5-10-17/h3-6,8-11,14H,7,12-13,15H2,1-2H3,(H,20,22). The van der Waals surface area contributed by atoms with E-state index in [1.807, 2.05) is 55.5 Å². The molecule has 0 spiro atoms. The first kappa shape index (κ1) is 19.0. The van der Waals surface area contributed by atoms with Crippen LogP contribution >= 0.6 is 0 Å². The van der Waals surface area contributed by atoms with Gasteiger partial charge in [-0.2, -0.15) is 0 Å². The zero-order chi connectivity index (χ0) is 18.3. The number of nitrogens with one attached hydrogen (secondary N) is 1. The fourth-order valence-corrected chi connectivity index (χ4v) is 3.49. The van der Waals surface area contributed by atoms with Crippen molar-refractivity contribution in [2.45, 2.75) is 26.3 Å². The van der Waals surface area contributed by atoms with Crippen LogP contribution in [0.25, 0.3) is 0 Å². The van der Waals surface area contributed by atoms with Gasteiger partial charge < -0.3 is 5.32 Å². The van der Waals surface area contributed by atoms with Crippen LogP contribution in [-0.4, -0.2) is 27.1 Å². The fourth-order valence-electron chi connectivity index (χ4n) is 2.54. The Hall–Kier alpha value is -2.34. The van der Waals surface area contributed by atoms with Gasteiger partial charge in [-0.25, -0.2) is 8.42 Å². The third kappa shape index (κ3) is 6.23. The van der Waals surface area contributed by atoms with Gasteiger partial charge in [-0.1, -0.05) is 42.5 Å². The van der Waals surface area contributed by atoms with E-state index in [-0.39, 0.29) is 18.9 Å². The summed E-state index contributed by atoms with van der Waals surface area (Å²) >= 11 is 0. The van der Waals surface area contributed by atoms with E-state index in [9.17, 15) is 13.2 Å². The van der Waals surface area contributed by atoms with Gasteiger partial charge in [-0.3, -0.25) is 9.10 Å². The second-order valence-corrected chi connectivity index (χ2v) is 7.95. The number of rotatable bonds is 8. The molecule has 2 aromatic carbocycles. The molecule has 0 saturated carbocycles. The quantitative estimate of drug-likeness (QED) is 0.787. The Kier molecular flexibility index (Phi) is 6.58.